The normalized spacial score (nSPS) is 10.9. The van der Waals surface area contributed by atoms with Gasteiger partial charge in [-0.15, -0.1) is 0 Å². The first-order valence-corrected chi connectivity index (χ1v) is 9.25. The van der Waals surface area contributed by atoms with Gasteiger partial charge in [0.1, 0.15) is 0 Å². The van der Waals surface area contributed by atoms with Gasteiger partial charge in [0, 0.05) is 54.4 Å². The van der Waals surface area contributed by atoms with E-state index in [0.717, 1.165) is 33.4 Å². The van der Waals surface area contributed by atoms with Crippen molar-refractivity contribution in [1.29, 1.82) is 0 Å². The number of anilines is 1. The molecule has 2 aromatic carbocycles. The summed E-state index contributed by atoms with van der Waals surface area (Å²) >= 11 is 0. The lowest BCUT2D eigenvalue weighted by Gasteiger charge is -2.08. The molecule has 28 heavy (non-hydrogen) atoms. The van der Waals surface area contributed by atoms with Crippen LogP contribution in [0.2, 0.25) is 0 Å². The van der Waals surface area contributed by atoms with Crippen molar-refractivity contribution >= 4 is 22.5 Å². The fraction of sp³-hybridized carbons (Fsp3) is 0.182. The zero-order valence-electron chi connectivity index (χ0n) is 16.0. The minimum Gasteiger partial charge on any atom is -0.381 e. The van der Waals surface area contributed by atoms with E-state index in [0.29, 0.717) is 18.7 Å². The maximum Gasteiger partial charge on any atom is 0.251 e. The van der Waals surface area contributed by atoms with E-state index < -0.39 is 0 Å². The Balaban J connectivity index is 1.33. The first kappa shape index (κ1) is 17.9. The lowest BCUT2D eigenvalue weighted by molar-refractivity contribution is 0.0951. The van der Waals surface area contributed by atoms with Crippen LogP contribution in [0.3, 0.4) is 0 Å². The van der Waals surface area contributed by atoms with Crippen LogP contribution in [0.5, 0.6) is 0 Å². The third-order valence-electron chi connectivity index (χ3n) is 4.67. The van der Waals surface area contributed by atoms with Gasteiger partial charge in [-0.05, 0) is 60.3 Å². The molecule has 0 saturated carbocycles. The smallest absolute Gasteiger partial charge is 0.251 e. The number of carbonyl (C=O) groups is 1. The number of H-pyrrole nitrogens is 1. The van der Waals surface area contributed by atoms with Gasteiger partial charge < -0.3 is 15.6 Å². The molecular formula is C22H23N5O. The topological polar surface area (TPSA) is 74.7 Å². The molecule has 3 N–H and O–H groups in total. The molecule has 4 aromatic rings. The van der Waals surface area contributed by atoms with Crippen LogP contribution in [-0.2, 0) is 20.1 Å². The lowest BCUT2D eigenvalue weighted by atomic mass is 10.1. The number of hydrogen-bond donors (Lipinski definition) is 3. The fourth-order valence-corrected chi connectivity index (χ4v) is 3.23. The third kappa shape index (κ3) is 4.06. The number of benzene rings is 2. The van der Waals surface area contributed by atoms with Crippen molar-refractivity contribution in [3.05, 3.63) is 83.3 Å². The van der Waals surface area contributed by atoms with Crippen LogP contribution in [0.25, 0.3) is 10.9 Å². The van der Waals surface area contributed by atoms with Crippen LogP contribution in [-0.4, -0.2) is 20.7 Å². The van der Waals surface area contributed by atoms with E-state index in [9.17, 15) is 4.79 Å². The summed E-state index contributed by atoms with van der Waals surface area (Å²) in [4.78, 5) is 15.7. The first-order valence-electron chi connectivity index (χ1n) is 9.25. The van der Waals surface area contributed by atoms with Gasteiger partial charge in [0.05, 0.1) is 6.20 Å². The van der Waals surface area contributed by atoms with E-state index in [-0.39, 0.29) is 5.91 Å². The van der Waals surface area contributed by atoms with E-state index in [1.54, 1.807) is 4.68 Å². The van der Waals surface area contributed by atoms with Crippen LogP contribution in [0.15, 0.2) is 60.9 Å². The average Bonchev–Trinajstić information content (AvgIpc) is 3.28. The molecule has 1 amide bonds. The molecule has 142 valence electrons. The minimum atomic E-state index is -0.0795. The van der Waals surface area contributed by atoms with Gasteiger partial charge in [-0.1, -0.05) is 6.07 Å². The number of rotatable bonds is 6. The second kappa shape index (κ2) is 7.60. The average molecular weight is 373 g/mol. The van der Waals surface area contributed by atoms with Crippen LogP contribution < -0.4 is 10.6 Å². The summed E-state index contributed by atoms with van der Waals surface area (Å²) in [5.41, 5.74) is 6.04. The molecule has 0 fully saturated rings. The number of fused-ring (bicyclic) bond motifs is 1. The van der Waals surface area contributed by atoms with Gasteiger partial charge in [0.15, 0.2) is 0 Å². The molecule has 2 aromatic heterocycles. The fourth-order valence-electron chi connectivity index (χ4n) is 3.23. The lowest BCUT2D eigenvalue weighted by Crippen LogP contribution is -2.22. The van der Waals surface area contributed by atoms with Gasteiger partial charge >= 0.3 is 0 Å². The molecule has 0 bridgehead atoms. The number of carbonyl (C=O) groups excluding carboxylic acids is 1. The number of nitrogens with zero attached hydrogens (tertiary/aromatic N) is 2. The molecule has 0 radical (unpaired) electrons. The van der Waals surface area contributed by atoms with Gasteiger partial charge in [-0.2, -0.15) is 5.10 Å². The van der Waals surface area contributed by atoms with Crippen molar-refractivity contribution in [3.63, 3.8) is 0 Å². The Bertz CT molecular complexity index is 1110. The Labute approximate surface area is 163 Å². The zero-order chi connectivity index (χ0) is 19.5. The largest absolute Gasteiger partial charge is 0.381 e. The standard InChI is InChI=1S/C22H23N5O/c1-15-9-19-10-16(3-8-21(19)26-15)11-24-22(28)18-4-6-20(7-5-18)23-12-17-13-25-27(2)14-17/h3-10,13-14,23,26H,11-12H2,1-2H3,(H,24,28). The van der Waals surface area contributed by atoms with Crippen molar-refractivity contribution in [2.75, 3.05) is 5.32 Å². The van der Waals surface area contributed by atoms with Crippen molar-refractivity contribution in [2.24, 2.45) is 7.05 Å². The molecule has 6 heteroatoms. The van der Waals surface area contributed by atoms with Crippen LogP contribution in [0, 0.1) is 6.92 Å². The summed E-state index contributed by atoms with van der Waals surface area (Å²) in [6.07, 6.45) is 3.81. The molecule has 0 saturated heterocycles. The van der Waals surface area contributed by atoms with E-state index in [4.69, 9.17) is 0 Å². The maximum atomic E-state index is 12.4. The number of hydrogen-bond acceptors (Lipinski definition) is 3. The predicted octanol–water partition coefficient (Wildman–Crippen LogP) is 3.75. The summed E-state index contributed by atoms with van der Waals surface area (Å²) in [5, 5.41) is 11.6. The molecular weight excluding hydrogens is 350 g/mol. The Morgan fingerprint density at radius 3 is 2.64 bits per heavy atom. The second-order valence-corrected chi connectivity index (χ2v) is 7.01. The van der Waals surface area contributed by atoms with E-state index in [2.05, 4.69) is 32.8 Å². The van der Waals surface area contributed by atoms with E-state index in [1.165, 1.54) is 0 Å². The molecule has 0 atom stereocenters. The summed E-state index contributed by atoms with van der Waals surface area (Å²) in [7, 11) is 1.90. The Kier molecular flexibility index (Phi) is 4.85. The molecule has 0 spiro atoms. The number of nitrogens with one attached hydrogen (secondary N) is 3. The van der Waals surface area contributed by atoms with Crippen molar-refractivity contribution < 1.29 is 4.79 Å². The summed E-state index contributed by atoms with van der Waals surface area (Å²) < 4.78 is 1.78. The zero-order valence-corrected chi connectivity index (χ0v) is 16.0. The third-order valence-corrected chi connectivity index (χ3v) is 4.67. The highest BCUT2D eigenvalue weighted by Gasteiger charge is 2.06. The number of aromatic nitrogens is 3. The highest BCUT2D eigenvalue weighted by molar-refractivity contribution is 5.94. The maximum absolute atomic E-state index is 12.4. The number of amides is 1. The number of aromatic amines is 1. The van der Waals surface area contributed by atoms with Gasteiger partial charge in [0.2, 0.25) is 0 Å². The van der Waals surface area contributed by atoms with Crippen molar-refractivity contribution in [1.82, 2.24) is 20.1 Å². The molecule has 0 aliphatic carbocycles. The minimum absolute atomic E-state index is 0.0795. The molecule has 2 heterocycles. The first-order chi connectivity index (χ1) is 13.6. The Morgan fingerprint density at radius 2 is 1.89 bits per heavy atom. The summed E-state index contributed by atoms with van der Waals surface area (Å²) in [5.74, 6) is -0.0795. The molecule has 4 rings (SSSR count). The van der Waals surface area contributed by atoms with Gasteiger partial charge in [-0.3, -0.25) is 9.48 Å². The Hall–Kier alpha value is -3.54. The van der Waals surface area contributed by atoms with Crippen LogP contribution >= 0.6 is 0 Å². The monoisotopic (exact) mass is 373 g/mol. The van der Waals surface area contributed by atoms with Crippen molar-refractivity contribution in [2.45, 2.75) is 20.0 Å². The second-order valence-electron chi connectivity index (χ2n) is 7.01. The van der Waals surface area contributed by atoms with Crippen LogP contribution in [0.1, 0.15) is 27.2 Å². The SMILES string of the molecule is Cc1cc2cc(CNC(=O)c3ccc(NCc4cnn(C)c4)cc3)ccc2[nH]1. The van der Waals surface area contributed by atoms with Crippen molar-refractivity contribution in [3.8, 4) is 0 Å². The van der Waals surface area contributed by atoms with E-state index >= 15 is 0 Å². The Morgan fingerprint density at radius 1 is 1.07 bits per heavy atom. The van der Waals surface area contributed by atoms with E-state index in [1.807, 2.05) is 62.8 Å². The van der Waals surface area contributed by atoms with Gasteiger partial charge in [-0.25, -0.2) is 0 Å². The highest BCUT2D eigenvalue weighted by Crippen LogP contribution is 2.17. The summed E-state index contributed by atoms with van der Waals surface area (Å²) in [6.45, 7) is 3.23. The molecule has 0 unspecified atom stereocenters. The quantitative estimate of drug-likeness (QED) is 0.482. The summed E-state index contributed by atoms with van der Waals surface area (Å²) in [6, 6.07) is 15.8. The predicted molar refractivity (Wildman–Crippen MR) is 111 cm³/mol. The van der Waals surface area contributed by atoms with Gasteiger partial charge in [0.25, 0.3) is 5.91 Å². The van der Waals surface area contributed by atoms with Crippen LogP contribution in [0.4, 0.5) is 5.69 Å². The number of aryl methyl sites for hydroxylation is 2. The molecule has 0 aliphatic rings. The molecule has 0 aliphatic heterocycles. The molecule has 6 nitrogen and oxygen atoms in total. The highest BCUT2D eigenvalue weighted by atomic mass is 16.1.